The summed E-state index contributed by atoms with van der Waals surface area (Å²) in [4.78, 5) is 4.10. The highest BCUT2D eigenvalue weighted by molar-refractivity contribution is 5.29. The molecule has 4 nitrogen and oxygen atoms in total. The number of pyridine rings is 1. The summed E-state index contributed by atoms with van der Waals surface area (Å²) < 4.78 is 6.26. The monoisotopic (exact) mass is 509 g/mol. The predicted molar refractivity (Wildman–Crippen MR) is 149 cm³/mol. The lowest BCUT2D eigenvalue weighted by Crippen LogP contribution is -2.54. The first-order valence-corrected chi connectivity index (χ1v) is 15.1. The third kappa shape index (κ3) is 5.20. The van der Waals surface area contributed by atoms with Crippen molar-refractivity contribution in [2.75, 3.05) is 0 Å². The summed E-state index contributed by atoms with van der Waals surface area (Å²) in [6.45, 7) is 12.0. The summed E-state index contributed by atoms with van der Waals surface area (Å²) in [5.41, 5.74) is 2.40. The van der Waals surface area contributed by atoms with Gasteiger partial charge in [0, 0.05) is 12.4 Å². The summed E-state index contributed by atoms with van der Waals surface area (Å²) in [6.07, 6.45) is 17.3. The first kappa shape index (κ1) is 27.3. The number of aliphatic hydroxyl groups excluding tert-OH is 1. The molecular weight excluding hydrogens is 458 g/mol. The Bertz CT molecular complexity index is 954. The molecule has 2 N–H and O–H groups in total. The second-order valence-electron chi connectivity index (χ2n) is 14.3. The van der Waals surface area contributed by atoms with Gasteiger partial charge in [0.05, 0.1) is 18.3 Å². The fourth-order valence-electron chi connectivity index (χ4n) is 9.60. The van der Waals surface area contributed by atoms with Gasteiger partial charge >= 0.3 is 0 Å². The zero-order valence-corrected chi connectivity index (χ0v) is 24.0. The number of fused-ring (bicyclic) bond motifs is 5. The van der Waals surface area contributed by atoms with Crippen LogP contribution in [0.1, 0.15) is 104 Å². The molecule has 0 bridgehead atoms. The molecule has 1 aromatic rings. The molecule has 0 saturated heterocycles. The average Bonchev–Trinajstić information content (AvgIpc) is 3.21. The Kier molecular flexibility index (Phi) is 7.68. The number of allylic oxidation sites excluding steroid dienone is 1. The molecule has 4 aliphatic rings. The Morgan fingerprint density at radius 1 is 1.08 bits per heavy atom. The minimum atomic E-state index is -0.547. The molecule has 4 aliphatic carbocycles. The van der Waals surface area contributed by atoms with Crippen LogP contribution in [-0.2, 0) is 11.3 Å². The van der Waals surface area contributed by atoms with E-state index in [2.05, 4.69) is 31.8 Å². The Hall–Kier alpha value is -1.23. The molecule has 0 unspecified atom stereocenters. The van der Waals surface area contributed by atoms with E-state index in [-0.39, 0.29) is 11.5 Å². The van der Waals surface area contributed by atoms with Gasteiger partial charge in [-0.25, -0.2) is 0 Å². The molecule has 0 amide bonds. The molecule has 0 radical (unpaired) electrons. The van der Waals surface area contributed by atoms with Crippen LogP contribution in [0, 0.1) is 40.4 Å². The van der Waals surface area contributed by atoms with Gasteiger partial charge in [-0.1, -0.05) is 39.7 Å². The molecule has 4 heteroatoms. The fourth-order valence-corrected chi connectivity index (χ4v) is 9.60. The first-order valence-electron chi connectivity index (χ1n) is 15.1. The van der Waals surface area contributed by atoms with Crippen LogP contribution in [0.25, 0.3) is 0 Å². The smallest absolute Gasteiger partial charge is 0.102 e. The van der Waals surface area contributed by atoms with Crippen molar-refractivity contribution >= 4 is 0 Å². The highest BCUT2D eigenvalue weighted by atomic mass is 16.5. The largest absolute Gasteiger partial charge is 0.390 e. The number of hydrogen-bond donors (Lipinski definition) is 2. The van der Waals surface area contributed by atoms with E-state index in [0.29, 0.717) is 17.9 Å². The van der Waals surface area contributed by atoms with Crippen LogP contribution in [0.15, 0.2) is 36.2 Å². The van der Waals surface area contributed by atoms with Crippen molar-refractivity contribution in [1.29, 1.82) is 0 Å². The third-order valence-corrected chi connectivity index (χ3v) is 11.6. The van der Waals surface area contributed by atoms with Crippen LogP contribution in [0.3, 0.4) is 0 Å². The van der Waals surface area contributed by atoms with E-state index < -0.39 is 11.7 Å². The van der Waals surface area contributed by atoms with E-state index in [9.17, 15) is 10.2 Å². The first-order chi connectivity index (χ1) is 17.5. The Balaban J connectivity index is 1.26. The maximum absolute atomic E-state index is 11.5. The van der Waals surface area contributed by atoms with Crippen molar-refractivity contribution in [2.24, 2.45) is 40.4 Å². The number of aromatic nitrogens is 1. The number of nitrogens with zero attached hydrogens (tertiary/aromatic N) is 1. The predicted octanol–water partition coefficient (Wildman–Crippen LogP) is 7.09. The molecule has 5 rings (SSSR count). The van der Waals surface area contributed by atoms with Crippen molar-refractivity contribution in [1.82, 2.24) is 4.98 Å². The Morgan fingerprint density at radius 2 is 1.84 bits per heavy atom. The van der Waals surface area contributed by atoms with Gasteiger partial charge in [-0.2, -0.15) is 0 Å². The molecule has 3 fully saturated rings. The van der Waals surface area contributed by atoms with Gasteiger partial charge < -0.3 is 14.9 Å². The van der Waals surface area contributed by atoms with Crippen LogP contribution in [-0.4, -0.2) is 33.0 Å². The average molecular weight is 510 g/mol. The van der Waals surface area contributed by atoms with Crippen molar-refractivity contribution in [3.63, 3.8) is 0 Å². The van der Waals surface area contributed by atoms with E-state index in [1.807, 2.05) is 26.0 Å². The van der Waals surface area contributed by atoms with Crippen molar-refractivity contribution in [2.45, 2.75) is 123 Å². The normalized spacial score (nSPS) is 40.4. The maximum Gasteiger partial charge on any atom is 0.102 e. The van der Waals surface area contributed by atoms with Crippen LogP contribution >= 0.6 is 0 Å². The van der Waals surface area contributed by atoms with E-state index in [0.717, 1.165) is 61.3 Å². The Labute approximate surface area is 225 Å². The summed E-state index contributed by atoms with van der Waals surface area (Å²) in [5.74, 6) is 3.78. The van der Waals surface area contributed by atoms with Gasteiger partial charge in [0.2, 0.25) is 0 Å². The van der Waals surface area contributed by atoms with Crippen molar-refractivity contribution in [3.8, 4) is 0 Å². The molecule has 37 heavy (non-hydrogen) atoms. The van der Waals surface area contributed by atoms with Gasteiger partial charge in [0.25, 0.3) is 0 Å². The van der Waals surface area contributed by atoms with Crippen LogP contribution in [0.4, 0.5) is 0 Å². The van der Waals surface area contributed by atoms with Gasteiger partial charge in [-0.05, 0) is 129 Å². The quantitative estimate of drug-likeness (QED) is 0.367. The van der Waals surface area contributed by atoms with Crippen LogP contribution < -0.4 is 0 Å². The van der Waals surface area contributed by atoms with Crippen molar-refractivity contribution < 1.29 is 14.9 Å². The zero-order chi connectivity index (χ0) is 26.4. The highest BCUT2D eigenvalue weighted by Gasteiger charge is 2.60. The minimum absolute atomic E-state index is 0.108. The van der Waals surface area contributed by atoms with Gasteiger partial charge in [-0.15, -0.1) is 0 Å². The summed E-state index contributed by atoms with van der Waals surface area (Å²) in [7, 11) is 0. The Morgan fingerprint density at radius 3 is 2.57 bits per heavy atom. The van der Waals surface area contributed by atoms with E-state index in [4.69, 9.17) is 4.74 Å². The van der Waals surface area contributed by atoms with E-state index >= 15 is 0 Å². The molecule has 206 valence electrons. The van der Waals surface area contributed by atoms with Crippen LogP contribution in [0.2, 0.25) is 0 Å². The third-order valence-electron chi connectivity index (χ3n) is 11.6. The number of ether oxygens (including phenoxy) is 1. The molecule has 1 heterocycles. The van der Waals surface area contributed by atoms with E-state index in [1.165, 1.54) is 37.7 Å². The van der Waals surface area contributed by atoms with Gasteiger partial charge in [0.1, 0.15) is 6.10 Å². The standard InChI is InChI=1S/C33H51NO3/c1-22(7-6-16-31(2,3)36)25-10-11-26-24-8-9-28-30(35)29(37-21-23-14-19-34-20-15-23)13-18-33(28,5)27(24)12-17-32(25,26)4/h9,14-15,19-20,22,24-27,29-30,35-36H,6-8,10-13,16-18,21H2,1-5H3/t22-,24+,25-,26+,27+,29+,30-,32-,33-/m1/s1. The number of aliphatic hydroxyl groups is 2. The van der Waals surface area contributed by atoms with Crippen molar-refractivity contribution in [3.05, 3.63) is 41.7 Å². The summed E-state index contributed by atoms with van der Waals surface area (Å²) in [6, 6.07) is 3.98. The van der Waals surface area contributed by atoms with Crippen LogP contribution in [0.5, 0.6) is 0 Å². The van der Waals surface area contributed by atoms with Gasteiger partial charge in [-0.3, -0.25) is 4.98 Å². The minimum Gasteiger partial charge on any atom is -0.390 e. The lowest BCUT2D eigenvalue weighted by atomic mass is 9.46. The molecule has 0 aromatic carbocycles. The molecule has 9 atom stereocenters. The molecule has 1 aromatic heterocycles. The topological polar surface area (TPSA) is 62.6 Å². The maximum atomic E-state index is 11.5. The zero-order valence-electron chi connectivity index (χ0n) is 24.0. The fraction of sp³-hybridized carbons (Fsp3) is 0.788. The molecule has 0 aliphatic heterocycles. The lowest BCUT2D eigenvalue weighted by molar-refractivity contribution is -0.100. The highest BCUT2D eigenvalue weighted by Crippen LogP contribution is 2.67. The van der Waals surface area contributed by atoms with E-state index in [1.54, 1.807) is 12.4 Å². The second kappa shape index (κ2) is 10.4. The molecular formula is C33H51NO3. The second-order valence-corrected chi connectivity index (χ2v) is 14.3. The molecule has 0 spiro atoms. The SMILES string of the molecule is C[C@H](CCCC(C)(C)O)[C@H]1CC[C@H]2[C@@H]3CC=C4[C@@H](O)[C@@H](OCc5ccncc5)CC[C@]4(C)[C@H]3CC[C@]12C. The number of rotatable bonds is 8. The number of hydrogen-bond acceptors (Lipinski definition) is 4. The van der Waals surface area contributed by atoms with Gasteiger partial charge in [0.15, 0.2) is 0 Å². The molecule has 3 saturated carbocycles. The summed E-state index contributed by atoms with van der Waals surface area (Å²) in [5, 5.41) is 21.6. The summed E-state index contributed by atoms with van der Waals surface area (Å²) >= 11 is 0. The lowest BCUT2D eigenvalue weighted by Gasteiger charge is -2.59.